The fourth-order valence-electron chi connectivity index (χ4n) is 0.366. The Morgan fingerprint density at radius 2 is 2.18 bits per heavy atom. The predicted molar refractivity (Wildman–Crippen MR) is 53.7 cm³/mol. The summed E-state index contributed by atoms with van der Waals surface area (Å²) in [5.74, 6) is 0. The minimum Gasteiger partial charge on any atom is -0.213 e. The third-order valence-corrected chi connectivity index (χ3v) is 4.81. The highest BCUT2D eigenvalue weighted by atomic mass is 79.9. The summed E-state index contributed by atoms with van der Waals surface area (Å²) in [6.45, 7) is 2.47. The lowest BCUT2D eigenvalue weighted by atomic mass is 10.5. The molecule has 0 aromatic heterocycles. The van der Waals surface area contributed by atoms with E-state index in [-0.39, 0.29) is 4.66 Å². The Balaban J connectivity index is 3.71. The highest BCUT2D eigenvalue weighted by molar-refractivity contribution is 9.10. The van der Waals surface area contributed by atoms with Crippen LogP contribution in [0.4, 0.5) is 0 Å². The van der Waals surface area contributed by atoms with Crippen LogP contribution in [0, 0.1) is 0 Å². The van der Waals surface area contributed by atoms with Gasteiger partial charge in [-0.2, -0.15) is 11.8 Å². The molecule has 0 amide bonds. The summed E-state index contributed by atoms with van der Waals surface area (Å²) in [6.07, 6.45) is 1.95. The van der Waals surface area contributed by atoms with Gasteiger partial charge in [-0.1, -0.05) is 22.9 Å². The SMILES string of the molecule is CSC(C)CNS(=O)(=O)CBr. The fraction of sp³-hybridized carbons (Fsp3) is 1.00. The zero-order valence-electron chi connectivity index (χ0n) is 6.50. The molecule has 0 bridgehead atoms. The van der Waals surface area contributed by atoms with Crippen LogP contribution in [-0.2, 0) is 10.0 Å². The molecule has 68 valence electrons. The van der Waals surface area contributed by atoms with E-state index < -0.39 is 10.0 Å². The van der Waals surface area contributed by atoms with Crippen LogP contribution in [0.5, 0.6) is 0 Å². The van der Waals surface area contributed by atoms with Crippen molar-refractivity contribution < 1.29 is 8.42 Å². The molecule has 0 rings (SSSR count). The number of hydrogen-bond acceptors (Lipinski definition) is 3. The van der Waals surface area contributed by atoms with Crippen LogP contribution in [0.3, 0.4) is 0 Å². The fourth-order valence-corrected chi connectivity index (χ4v) is 1.79. The summed E-state index contributed by atoms with van der Waals surface area (Å²) in [4.78, 5) is 0. The van der Waals surface area contributed by atoms with Gasteiger partial charge in [0.05, 0.1) is 0 Å². The Morgan fingerprint density at radius 3 is 2.55 bits per heavy atom. The number of sulfonamides is 1. The third-order valence-electron chi connectivity index (χ3n) is 1.14. The molecule has 0 aromatic rings. The Bertz CT molecular complexity index is 193. The highest BCUT2D eigenvalue weighted by Crippen LogP contribution is 2.03. The van der Waals surface area contributed by atoms with Gasteiger partial charge in [0, 0.05) is 11.8 Å². The average molecular weight is 262 g/mol. The van der Waals surface area contributed by atoms with Gasteiger partial charge in [0.1, 0.15) is 4.66 Å². The second-order valence-corrected chi connectivity index (χ2v) is 6.50. The summed E-state index contributed by atoms with van der Waals surface area (Å²) in [6, 6.07) is 0. The molecular formula is C5H12BrNO2S2. The van der Waals surface area contributed by atoms with Crippen LogP contribution >= 0.6 is 27.7 Å². The smallest absolute Gasteiger partial charge is 0.213 e. The van der Waals surface area contributed by atoms with Gasteiger partial charge >= 0.3 is 0 Å². The van der Waals surface area contributed by atoms with Crippen molar-refractivity contribution >= 4 is 37.7 Å². The molecule has 1 N–H and O–H groups in total. The predicted octanol–water partition coefficient (Wildman–Crippen LogP) is 1.01. The average Bonchev–Trinajstić information content (AvgIpc) is 2.00. The van der Waals surface area contributed by atoms with E-state index in [1.807, 2.05) is 13.2 Å². The number of nitrogens with one attached hydrogen (secondary N) is 1. The monoisotopic (exact) mass is 261 g/mol. The third kappa shape index (κ3) is 5.95. The summed E-state index contributed by atoms with van der Waals surface area (Å²) in [5, 5.41) is 0.323. The van der Waals surface area contributed by atoms with Gasteiger partial charge in [-0.3, -0.25) is 0 Å². The Hall–Kier alpha value is 0.740. The second-order valence-electron chi connectivity index (χ2n) is 2.12. The van der Waals surface area contributed by atoms with E-state index in [1.165, 1.54) is 0 Å². The number of halogens is 1. The topological polar surface area (TPSA) is 46.2 Å². The van der Waals surface area contributed by atoms with Crippen LogP contribution in [0.15, 0.2) is 0 Å². The zero-order valence-corrected chi connectivity index (χ0v) is 9.72. The maximum absolute atomic E-state index is 10.9. The molecule has 6 heteroatoms. The normalized spacial score (nSPS) is 14.8. The largest absolute Gasteiger partial charge is 0.221 e. The zero-order chi connectivity index (χ0) is 8.91. The summed E-state index contributed by atoms with van der Waals surface area (Å²) in [7, 11) is -3.07. The number of rotatable bonds is 5. The summed E-state index contributed by atoms with van der Waals surface area (Å²) in [5.41, 5.74) is 0. The standard InChI is InChI=1S/C5H12BrNO2S2/c1-5(10-2)3-7-11(8,9)4-6/h5,7H,3-4H2,1-2H3. The quantitative estimate of drug-likeness (QED) is 0.752. The van der Waals surface area contributed by atoms with Crippen LogP contribution in [-0.4, -0.2) is 31.1 Å². The molecule has 0 aliphatic carbocycles. The lowest BCUT2D eigenvalue weighted by molar-refractivity contribution is 0.587. The van der Waals surface area contributed by atoms with Crippen LogP contribution in [0.1, 0.15) is 6.92 Å². The van der Waals surface area contributed by atoms with Gasteiger partial charge in [0.15, 0.2) is 0 Å². The molecule has 0 aliphatic heterocycles. The molecule has 0 aromatic carbocycles. The Kier molecular flexibility index (Phi) is 5.76. The molecule has 1 unspecified atom stereocenters. The molecular weight excluding hydrogens is 250 g/mol. The van der Waals surface area contributed by atoms with Crippen molar-refractivity contribution in [1.29, 1.82) is 0 Å². The van der Waals surface area contributed by atoms with Gasteiger partial charge < -0.3 is 0 Å². The van der Waals surface area contributed by atoms with Crippen molar-refractivity contribution in [1.82, 2.24) is 4.72 Å². The maximum Gasteiger partial charge on any atom is 0.221 e. The molecule has 0 saturated carbocycles. The molecule has 0 spiro atoms. The minimum atomic E-state index is -3.07. The lowest BCUT2D eigenvalue weighted by Gasteiger charge is -2.08. The van der Waals surface area contributed by atoms with Crippen molar-refractivity contribution in [3.05, 3.63) is 0 Å². The Labute approximate surface area is 80.5 Å². The van der Waals surface area contributed by atoms with E-state index >= 15 is 0 Å². The first-order valence-electron chi connectivity index (χ1n) is 3.08. The molecule has 0 aliphatic rings. The maximum atomic E-state index is 10.9. The first kappa shape index (κ1) is 11.7. The van der Waals surface area contributed by atoms with E-state index in [2.05, 4.69) is 20.7 Å². The molecule has 11 heavy (non-hydrogen) atoms. The number of hydrogen-bond donors (Lipinski definition) is 1. The van der Waals surface area contributed by atoms with Crippen LogP contribution in [0.2, 0.25) is 0 Å². The van der Waals surface area contributed by atoms with Gasteiger partial charge in [0.25, 0.3) is 0 Å². The number of thioether (sulfide) groups is 1. The van der Waals surface area contributed by atoms with E-state index in [9.17, 15) is 8.42 Å². The number of alkyl halides is 1. The van der Waals surface area contributed by atoms with Crippen molar-refractivity contribution in [3.8, 4) is 0 Å². The first-order valence-corrected chi connectivity index (χ1v) is 7.14. The van der Waals surface area contributed by atoms with Crippen molar-refractivity contribution in [2.24, 2.45) is 0 Å². The molecule has 0 radical (unpaired) electrons. The van der Waals surface area contributed by atoms with Gasteiger partial charge in [-0.15, -0.1) is 0 Å². The lowest BCUT2D eigenvalue weighted by Crippen LogP contribution is -2.29. The van der Waals surface area contributed by atoms with Crippen molar-refractivity contribution in [3.63, 3.8) is 0 Å². The van der Waals surface area contributed by atoms with E-state index in [0.29, 0.717) is 11.8 Å². The molecule has 3 nitrogen and oxygen atoms in total. The molecule has 0 saturated heterocycles. The minimum absolute atomic E-state index is 0.0267. The van der Waals surface area contributed by atoms with E-state index in [4.69, 9.17) is 0 Å². The van der Waals surface area contributed by atoms with Crippen molar-refractivity contribution in [2.45, 2.75) is 12.2 Å². The molecule has 0 heterocycles. The van der Waals surface area contributed by atoms with Crippen molar-refractivity contribution in [2.75, 3.05) is 17.5 Å². The van der Waals surface area contributed by atoms with Gasteiger partial charge in [0.2, 0.25) is 10.0 Å². The van der Waals surface area contributed by atoms with Gasteiger partial charge in [-0.25, -0.2) is 13.1 Å². The first-order chi connectivity index (χ1) is 5.02. The van der Waals surface area contributed by atoms with E-state index in [0.717, 1.165) is 0 Å². The highest BCUT2D eigenvalue weighted by Gasteiger charge is 2.08. The van der Waals surface area contributed by atoms with Crippen LogP contribution < -0.4 is 4.72 Å². The molecule has 0 fully saturated rings. The summed E-state index contributed by atoms with van der Waals surface area (Å²) >= 11 is 4.52. The molecule has 1 atom stereocenters. The van der Waals surface area contributed by atoms with Crippen LogP contribution in [0.25, 0.3) is 0 Å². The summed E-state index contributed by atoms with van der Waals surface area (Å²) < 4.78 is 24.1. The van der Waals surface area contributed by atoms with Gasteiger partial charge in [-0.05, 0) is 6.26 Å². The second kappa shape index (κ2) is 5.40. The van der Waals surface area contributed by atoms with E-state index in [1.54, 1.807) is 11.8 Å². The Morgan fingerprint density at radius 1 is 1.64 bits per heavy atom.